The first-order chi connectivity index (χ1) is 19.2. The Labute approximate surface area is 232 Å². The van der Waals surface area contributed by atoms with Crippen LogP contribution in [-0.2, 0) is 14.3 Å². The van der Waals surface area contributed by atoms with E-state index in [1.165, 1.54) is 29.7 Å². The standard InChI is InChI=1S/C25H26ClF2N7O5/c1-13-25(10-38-11-25)39-3-2-34(13)18-4-14(26)7-30-23(18)40-15-5-19(24(36)37)35(9-15)20-6-16(17-8-29-12-31-17)32-22(33-20)21(27)28/h4,6-8,12-13,15,19,21H,2-3,5,9-11H2,1H3,(H,29,31)(H,36,37)/t13-,15-,19-/m0/s1. The van der Waals surface area contributed by atoms with Crippen molar-refractivity contribution in [2.45, 2.75) is 43.6 Å². The van der Waals surface area contributed by atoms with E-state index in [4.69, 9.17) is 25.8 Å². The van der Waals surface area contributed by atoms with E-state index < -0.39 is 36.0 Å². The Morgan fingerprint density at radius 2 is 2.10 bits per heavy atom. The number of imidazole rings is 1. The number of nitrogens with one attached hydrogen (secondary N) is 1. The van der Waals surface area contributed by atoms with Crippen LogP contribution in [0.1, 0.15) is 25.6 Å². The molecular formula is C25H26ClF2N7O5. The number of H-pyrrole nitrogens is 1. The van der Waals surface area contributed by atoms with Gasteiger partial charge < -0.3 is 34.1 Å². The molecule has 0 bridgehead atoms. The van der Waals surface area contributed by atoms with Crippen molar-refractivity contribution in [3.63, 3.8) is 0 Å². The van der Waals surface area contributed by atoms with E-state index in [1.807, 2.05) is 6.92 Å². The van der Waals surface area contributed by atoms with Gasteiger partial charge in [-0.15, -0.1) is 0 Å². The summed E-state index contributed by atoms with van der Waals surface area (Å²) in [5, 5.41) is 10.4. The van der Waals surface area contributed by atoms with Crippen LogP contribution in [0.2, 0.25) is 5.02 Å². The first kappa shape index (κ1) is 26.6. The van der Waals surface area contributed by atoms with Gasteiger partial charge in [0.15, 0.2) is 5.82 Å². The van der Waals surface area contributed by atoms with Crippen LogP contribution in [0.3, 0.4) is 0 Å². The van der Waals surface area contributed by atoms with Gasteiger partial charge in [0.1, 0.15) is 29.3 Å². The highest BCUT2D eigenvalue weighted by Crippen LogP contribution is 2.40. The fraction of sp³-hybridized carbons (Fsp3) is 0.480. The molecule has 0 aliphatic carbocycles. The summed E-state index contributed by atoms with van der Waals surface area (Å²) in [6.45, 7) is 4.12. The molecule has 0 amide bonds. The van der Waals surface area contributed by atoms with E-state index in [2.05, 4.69) is 29.8 Å². The topological polar surface area (TPSA) is 139 Å². The molecule has 6 rings (SSSR count). The maximum Gasteiger partial charge on any atom is 0.326 e. The number of carbonyl (C=O) groups is 1. The lowest BCUT2D eigenvalue weighted by Crippen LogP contribution is -2.68. The quantitative estimate of drug-likeness (QED) is 0.428. The van der Waals surface area contributed by atoms with E-state index in [9.17, 15) is 18.7 Å². The molecule has 15 heteroatoms. The third-order valence-electron chi connectivity index (χ3n) is 7.57. The molecule has 3 atom stereocenters. The number of hydrogen-bond donors (Lipinski definition) is 2. The Kier molecular flexibility index (Phi) is 6.92. The fourth-order valence-electron chi connectivity index (χ4n) is 5.37. The van der Waals surface area contributed by atoms with Gasteiger partial charge in [0.2, 0.25) is 5.88 Å². The third kappa shape index (κ3) is 4.80. The monoisotopic (exact) mass is 577 g/mol. The van der Waals surface area contributed by atoms with E-state index in [-0.39, 0.29) is 30.5 Å². The number of rotatable bonds is 7. The number of anilines is 2. The van der Waals surface area contributed by atoms with E-state index in [0.717, 1.165) is 0 Å². The van der Waals surface area contributed by atoms with Crippen molar-refractivity contribution in [3.8, 4) is 17.3 Å². The molecule has 2 N–H and O–H groups in total. The second-order valence-electron chi connectivity index (χ2n) is 9.97. The van der Waals surface area contributed by atoms with E-state index in [1.54, 1.807) is 6.07 Å². The van der Waals surface area contributed by atoms with Crippen LogP contribution in [0.5, 0.6) is 5.88 Å². The average molecular weight is 578 g/mol. The molecule has 6 heterocycles. The van der Waals surface area contributed by atoms with Crippen LogP contribution in [0.15, 0.2) is 30.9 Å². The number of pyridine rings is 1. The zero-order chi connectivity index (χ0) is 28.0. The molecule has 0 saturated carbocycles. The highest BCUT2D eigenvalue weighted by atomic mass is 35.5. The molecule has 40 heavy (non-hydrogen) atoms. The lowest BCUT2D eigenvalue weighted by atomic mass is 9.90. The van der Waals surface area contributed by atoms with Gasteiger partial charge in [0.25, 0.3) is 6.43 Å². The van der Waals surface area contributed by atoms with Crippen molar-refractivity contribution >= 4 is 29.1 Å². The normalized spacial score (nSPS) is 24.0. The third-order valence-corrected chi connectivity index (χ3v) is 7.78. The van der Waals surface area contributed by atoms with Gasteiger partial charge in [-0.1, -0.05) is 11.6 Å². The predicted molar refractivity (Wildman–Crippen MR) is 138 cm³/mol. The number of carboxylic acid groups (broad SMARTS) is 1. The minimum absolute atomic E-state index is 0.0476. The van der Waals surface area contributed by atoms with Crippen molar-refractivity contribution < 1.29 is 32.9 Å². The van der Waals surface area contributed by atoms with E-state index in [0.29, 0.717) is 48.6 Å². The SMILES string of the molecule is C[C@@H]1N(c2cc(Cl)cnc2O[C@H]2C[C@@H](C(=O)O)N(c3cc(-c4cnc[nH]4)nc(C(F)F)n3)C2)CCOC12COC2. The zero-order valence-corrected chi connectivity index (χ0v) is 22.1. The van der Waals surface area contributed by atoms with Crippen molar-refractivity contribution in [2.24, 2.45) is 0 Å². The first-order valence-electron chi connectivity index (χ1n) is 12.7. The predicted octanol–water partition coefficient (Wildman–Crippen LogP) is 2.96. The maximum atomic E-state index is 13.7. The molecule has 0 radical (unpaired) electrons. The summed E-state index contributed by atoms with van der Waals surface area (Å²) in [5.74, 6) is -1.51. The summed E-state index contributed by atoms with van der Waals surface area (Å²) < 4.78 is 45.1. The fourth-order valence-corrected chi connectivity index (χ4v) is 5.53. The smallest absolute Gasteiger partial charge is 0.326 e. The minimum Gasteiger partial charge on any atom is -0.480 e. The molecule has 3 aromatic rings. The second kappa shape index (κ2) is 10.4. The van der Waals surface area contributed by atoms with Crippen molar-refractivity contribution in [1.82, 2.24) is 24.9 Å². The van der Waals surface area contributed by atoms with Crippen LogP contribution in [0.25, 0.3) is 11.4 Å². The minimum atomic E-state index is -2.96. The summed E-state index contributed by atoms with van der Waals surface area (Å²) in [6.07, 6.45) is 0.775. The summed E-state index contributed by atoms with van der Waals surface area (Å²) in [4.78, 5) is 34.9. The number of morpholine rings is 1. The molecule has 212 valence electrons. The Bertz CT molecular complexity index is 1390. The van der Waals surface area contributed by atoms with Gasteiger partial charge in [0.05, 0.1) is 61.3 Å². The molecule has 0 aromatic carbocycles. The average Bonchev–Trinajstić information content (AvgIpc) is 3.60. The number of ether oxygens (including phenoxy) is 3. The van der Waals surface area contributed by atoms with Gasteiger partial charge in [-0.3, -0.25) is 0 Å². The number of alkyl halides is 2. The van der Waals surface area contributed by atoms with E-state index >= 15 is 0 Å². The molecular weight excluding hydrogens is 552 g/mol. The zero-order valence-electron chi connectivity index (χ0n) is 21.3. The van der Waals surface area contributed by atoms with Gasteiger partial charge in [-0.25, -0.2) is 33.5 Å². The summed E-state index contributed by atoms with van der Waals surface area (Å²) >= 11 is 6.32. The van der Waals surface area contributed by atoms with Crippen LogP contribution in [-0.4, -0.2) is 92.7 Å². The van der Waals surface area contributed by atoms with Gasteiger partial charge in [-0.05, 0) is 13.0 Å². The molecule has 3 aliphatic rings. The lowest BCUT2D eigenvalue weighted by Gasteiger charge is -2.53. The summed E-state index contributed by atoms with van der Waals surface area (Å²) in [6, 6.07) is 2.09. The van der Waals surface area contributed by atoms with Gasteiger partial charge >= 0.3 is 5.97 Å². The molecule has 1 spiro atoms. The number of aliphatic carboxylic acids is 1. The maximum absolute atomic E-state index is 13.7. The van der Waals surface area contributed by atoms with Crippen molar-refractivity contribution in [2.75, 3.05) is 42.7 Å². The molecule has 12 nitrogen and oxygen atoms in total. The van der Waals surface area contributed by atoms with Crippen LogP contribution >= 0.6 is 11.6 Å². The summed E-state index contributed by atoms with van der Waals surface area (Å²) in [7, 11) is 0. The second-order valence-corrected chi connectivity index (χ2v) is 10.4. The highest BCUT2D eigenvalue weighted by molar-refractivity contribution is 6.30. The van der Waals surface area contributed by atoms with Crippen LogP contribution in [0.4, 0.5) is 20.3 Å². The van der Waals surface area contributed by atoms with Crippen LogP contribution < -0.4 is 14.5 Å². The number of halogens is 3. The first-order valence-corrected chi connectivity index (χ1v) is 13.1. The molecule has 0 unspecified atom stereocenters. The van der Waals surface area contributed by atoms with Crippen molar-refractivity contribution in [1.29, 1.82) is 0 Å². The largest absolute Gasteiger partial charge is 0.480 e. The molecule has 3 fully saturated rings. The molecule has 3 aliphatic heterocycles. The number of aromatic amines is 1. The Morgan fingerprint density at radius 1 is 1.27 bits per heavy atom. The number of nitrogens with zero attached hydrogens (tertiary/aromatic N) is 6. The molecule has 3 saturated heterocycles. The lowest BCUT2D eigenvalue weighted by molar-refractivity contribution is -0.228. The van der Waals surface area contributed by atoms with Crippen LogP contribution in [0, 0.1) is 0 Å². The Morgan fingerprint density at radius 3 is 2.77 bits per heavy atom. The number of hydrogen-bond acceptors (Lipinski definition) is 10. The summed E-state index contributed by atoms with van der Waals surface area (Å²) in [5.41, 5.74) is 0.790. The highest BCUT2D eigenvalue weighted by Gasteiger charge is 2.50. The number of aromatic nitrogens is 5. The molecule has 3 aromatic heterocycles. The van der Waals surface area contributed by atoms with Crippen molar-refractivity contribution in [3.05, 3.63) is 41.7 Å². The van der Waals surface area contributed by atoms with Gasteiger partial charge in [0, 0.05) is 25.2 Å². The van der Waals surface area contributed by atoms with Gasteiger partial charge in [-0.2, -0.15) is 0 Å². The number of carboxylic acids is 1. The Balaban J connectivity index is 1.29. The Hall–Kier alpha value is -3.62.